The molecule has 0 saturated carbocycles. The molecule has 0 aliphatic rings. The molecule has 0 saturated heterocycles. The molecule has 0 atom stereocenters. The highest BCUT2D eigenvalue weighted by molar-refractivity contribution is 7.20. The van der Waals surface area contributed by atoms with Crippen LogP contribution >= 0.6 is 34.5 Å². The number of nitrogens with one attached hydrogen (secondary N) is 1. The van der Waals surface area contributed by atoms with Gasteiger partial charge in [-0.3, -0.25) is 4.79 Å². The van der Waals surface area contributed by atoms with Gasteiger partial charge in [-0.25, -0.2) is 0 Å². The molecule has 0 fully saturated rings. The third-order valence-corrected chi connectivity index (χ3v) is 4.44. The standard InChI is InChI=1S/C14H6Cl2N2OS/c15-12-4-9(14(16)20-12)13(19)10-6-18-11-3-7(5-17)1-2-8(10)11/h1-4,6,18H. The number of thiophene rings is 1. The summed E-state index contributed by atoms with van der Waals surface area (Å²) >= 11 is 13.0. The molecule has 2 heterocycles. The van der Waals surface area contributed by atoms with Gasteiger partial charge >= 0.3 is 0 Å². The molecule has 0 radical (unpaired) electrons. The van der Waals surface area contributed by atoms with E-state index in [9.17, 15) is 4.79 Å². The molecule has 0 amide bonds. The van der Waals surface area contributed by atoms with E-state index < -0.39 is 0 Å². The van der Waals surface area contributed by atoms with E-state index in [0.717, 1.165) is 22.2 Å². The van der Waals surface area contributed by atoms with Crippen molar-refractivity contribution in [2.75, 3.05) is 0 Å². The molecule has 0 unspecified atom stereocenters. The lowest BCUT2D eigenvalue weighted by molar-refractivity contribution is 0.104. The van der Waals surface area contributed by atoms with Crippen molar-refractivity contribution in [1.29, 1.82) is 5.26 Å². The van der Waals surface area contributed by atoms with Gasteiger partial charge in [-0.15, -0.1) is 11.3 Å². The van der Waals surface area contributed by atoms with E-state index in [2.05, 4.69) is 11.1 Å². The molecular formula is C14H6Cl2N2OS. The number of fused-ring (bicyclic) bond motifs is 1. The summed E-state index contributed by atoms with van der Waals surface area (Å²) in [7, 11) is 0. The molecule has 1 N–H and O–H groups in total. The van der Waals surface area contributed by atoms with Crippen LogP contribution in [0.25, 0.3) is 10.9 Å². The molecule has 0 bridgehead atoms. The van der Waals surface area contributed by atoms with Crippen LogP contribution in [0.2, 0.25) is 8.67 Å². The van der Waals surface area contributed by atoms with E-state index in [0.29, 0.717) is 25.4 Å². The molecule has 2 aromatic heterocycles. The van der Waals surface area contributed by atoms with Crippen molar-refractivity contribution in [1.82, 2.24) is 4.98 Å². The van der Waals surface area contributed by atoms with Gasteiger partial charge in [0.05, 0.1) is 21.5 Å². The van der Waals surface area contributed by atoms with Crippen LogP contribution in [-0.2, 0) is 0 Å². The summed E-state index contributed by atoms with van der Waals surface area (Å²) in [6, 6.07) is 8.76. The molecule has 6 heteroatoms. The van der Waals surface area contributed by atoms with Gasteiger partial charge in [0, 0.05) is 22.7 Å². The van der Waals surface area contributed by atoms with Crippen LogP contribution in [0.5, 0.6) is 0 Å². The summed E-state index contributed by atoms with van der Waals surface area (Å²) in [4.78, 5) is 15.5. The fraction of sp³-hybridized carbons (Fsp3) is 0. The fourth-order valence-corrected chi connectivity index (χ4v) is 3.48. The predicted molar refractivity (Wildman–Crippen MR) is 80.8 cm³/mol. The van der Waals surface area contributed by atoms with Crippen LogP contribution in [0.1, 0.15) is 21.5 Å². The molecule has 3 rings (SSSR count). The Balaban J connectivity index is 2.13. The zero-order valence-electron chi connectivity index (χ0n) is 9.91. The number of carbonyl (C=O) groups excluding carboxylic acids is 1. The fourth-order valence-electron chi connectivity index (χ4n) is 2.02. The van der Waals surface area contributed by atoms with E-state index in [1.54, 1.807) is 30.5 Å². The smallest absolute Gasteiger partial charge is 0.197 e. The summed E-state index contributed by atoms with van der Waals surface area (Å²) < 4.78 is 0.855. The number of aromatic nitrogens is 1. The maximum absolute atomic E-state index is 12.5. The quantitative estimate of drug-likeness (QED) is 0.699. The summed E-state index contributed by atoms with van der Waals surface area (Å²) in [5.74, 6) is -0.186. The topological polar surface area (TPSA) is 56.6 Å². The molecule has 20 heavy (non-hydrogen) atoms. The molecule has 1 aromatic carbocycles. The number of hydrogen-bond acceptors (Lipinski definition) is 3. The average molecular weight is 321 g/mol. The van der Waals surface area contributed by atoms with Gasteiger partial charge in [0.15, 0.2) is 5.78 Å². The number of rotatable bonds is 2. The van der Waals surface area contributed by atoms with Crippen LogP contribution in [0.4, 0.5) is 0 Å². The average Bonchev–Trinajstić information content (AvgIpc) is 3.00. The highest BCUT2D eigenvalue weighted by atomic mass is 35.5. The van der Waals surface area contributed by atoms with Gasteiger partial charge in [-0.05, 0) is 18.2 Å². The normalized spacial score (nSPS) is 10.7. The first-order chi connectivity index (χ1) is 9.60. The van der Waals surface area contributed by atoms with Crippen LogP contribution in [0.15, 0.2) is 30.5 Å². The Morgan fingerprint density at radius 2 is 2.05 bits per heavy atom. The van der Waals surface area contributed by atoms with Gasteiger partial charge < -0.3 is 4.98 Å². The lowest BCUT2D eigenvalue weighted by Gasteiger charge is -1.98. The second-order valence-electron chi connectivity index (χ2n) is 4.14. The predicted octanol–water partition coefficient (Wildman–Crippen LogP) is 4.64. The van der Waals surface area contributed by atoms with Crippen LogP contribution in [0, 0.1) is 11.3 Å². The van der Waals surface area contributed by atoms with Gasteiger partial charge in [0.1, 0.15) is 4.34 Å². The number of halogens is 2. The van der Waals surface area contributed by atoms with Gasteiger partial charge in [-0.2, -0.15) is 5.26 Å². The summed E-state index contributed by atoms with van der Waals surface area (Å²) in [5.41, 5.74) is 2.19. The summed E-state index contributed by atoms with van der Waals surface area (Å²) in [5, 5.41) is 9.63. The first-order valence-corrected chi connectivity index (χ1v) is 7.18. The Morgan fingerprint density at radius 1 is 1.25 bits per heavy atom. The zero-order valence-corrected chi connectivity index (χ0v) is 12.2. The maximum atomic E-state index is 12.5. The maximum Gasteiger partial charge on any atom is 0.197 e. The Bertz CT molecular complexity index is 873. The molecule has 0 aliphatic carbocycles. The Morgan fingerprint density at radius 3 is 2.70 bits per heavy atom. The number of hydrogen-bond donors (Lipinski definition) is 1. The Kier molecular flexibility index (Phi) is 3.27. The van der Waals surface area contributed by atoms with Crippen molar-refractivity contribution < 1.29 is 4.79 Å². The van der Waals surface area contributed by atoms with E-state index in [-0.39, 0.29) is 5.78 Å². The largest absolute Gasteiger partial charge is 0.360 e. The van der Waals surface area contributed by atoms with Gasteiger partial charge in [0.25, 0.3) is 0 Å². The number of H-pyrrole nitrogens is 1. The van der Waals surface area contributed by atoms with Crippen molar-refractivity contribution in [3.05, 3.63) is 55.8 Å². The molecule has 0 spiro atoms. The number of ketones is 1. The second kappa shape index (κ2) is 4.95. The second-order valence-corrected chi connectivity index (χ2v) is 6.43. The lowest BCUT2D eigenvalue weighted by Crippen LogP contribution is -1.98. The van der Waals surface area contributed by atoms with Crippen LogP contribution in [0.3, 0.4) is 0 Å². The number of carbonyl (C=O) groups is 1. The number of nitrogens with zero attached hydrogens (tertiary/aromatic N) is 1. The number of benzene rings is 1. The first kappa shape index (κ1) is 13.2. The Labute approximate surface area is 128 Å². The monoisotopic (exact) mass is 320 g/mol. The minimum absolute atomic E-state index is 0.186. The number of nitriles is 1. The third-order valence-electron chi connectivity index (χ3n) is 2.96. The van der Waals surface area contributed by atoms with E-state index >= 15 is 0 Å². The van der Waals surface area contributed by atoms with Crippen molar-refractivity contribution in [3.8, 4) is 6.07 Å². The van der Waals surface area contributed by atoms with Crippen molar-refractivity contribution in [2.45, 2.75) is 0 Å². The third kappa shape index (κ3) is 2.10. The van der Waals surface area contributed by atoms with Gasteiger partial charge in [-0.1, -0.05) is 29.3 Å². The minimum atomic E-state index is -0.186. The van der Waals surface area contributed by atoms with Crippen LogP contribution in [-0.4, -0.2) is 10.8 Å². The zero-order chi connectivity index (χ0) is 14.3. The molecule has 3 nitrogen and oxygen atoms in total. The summed E-state index contributed by atoms with van der Waals surface area (Å²) in [6.45, 7) is 0. The lowest BCUT2D eigenvalue weighted by atomic mass is 10.0. The van der Waals surface area contributed by atoms with Crippen molar-refractivity contribution in [3.63, 3.8) is 0 Å². The Hall–Kier alpha value is -1.80. The van der Waals surface area contributed by atoms with Crippen molar-refractivity contribution in [2.24, 2.45) is 0 Å². The highest BCUT2D eigenvalue weighted by Gasteiger charge is 2.19. The summed E-state index contributed by atoms with van der Waals surface area (Å²) in [6.07, 6.45) is 1.62. The van der Waals surface area contributed by atoms with E-state index in [4.69, 9.17) is 28.5 Å². The number of aromatic amines is 1. The highest BCUT2D eigenvalue weighted by Crippen LogP contribution is 2.33. The molecule has 3 aromatic rings. The minimum Gasteiger partial charge on any atom is -0.360 e. The van der Waals surface area contributed by atoms with Crippen molar-refractivity contribution >= 4 is 51.2 Å². The molecular weight excluding hydrogens is 315 g/mol. The first-order valence-electron chi connectivity index (χ1n) is 5.61. The van der Waals surface area contributed by atoms with E-state index in [1.807, 2.05) is 0 Å². The van der Waals surface area contributed by atoms with Crippen LogP contribution < -0.4 is 0 Å². The van der Waals surface area contributed by atoms with E-state index in [1.165, 1.54) is 0 Å². The molecule has 98 valence electrons. The SMILES string of the molecule is N#Cc1ccc2c(C(=O)c3cc(Cl)sc3Cl)c[nH]c2c1. The van der Waals surface area contributed by atoms with Gasteiger partial charge in [0.2, 0.25) is 0 Å². The molecule has 0 aliphatic heterocycles.